The number of carbonyl (C=O) groups excluding carboxylic acids is 2. The van der Waals surface area contributed by atoms with Crippen LogP contribution in [-0.4, -0.2) is 40.8 Å². The minimum Gasteiger partial charge on any atom is -0.399 e. The summed E-state index contributed by atoms with van der Waals surface area (Å²) >= 11 is 0. The first kappa shape index (κ1) is 17.2. The SMILES string of the molecule is CC(C)CCN1CCC(NC(=O)c2cc(N)ccn2)CCC1=O. The summed E-state index contributed by atoms with van der Waals surface area (Å²) < 4.78 is 0. The number of nitrogen functional groups attached to an aromatic ring is 1. The van der Waals surface area contributed by atoms with Gasteiger partial charge in [0.05, 0.1) is 0 Å². The van der Waals surface area contributed by atoms with Crippen LogP contribution in [0.25, 0.3) is 0 Å². The van der Waals surface area contributed by atoms with E-state index in [0.717, 1.165) is 19.4 Å². The Morgan fingerprint density at radius 1 is 1.48 bits per heavy atom. The number of carbonyl (C=O) groups is 2. The molecule has 0 radical (unpaired) electrons. The van der Waals surface area contributed by atoms with Gasteiger partial charge >= 0.3 is 0 Å². The Balaban J connectivity index is 1.90. The van der Waals surface area contributed by atoms with Gasteiger partial charge in [-0.15, -0.1) is 0 Å². The number of anilines is 1. The fourth-order valence-corrected chi connectivity index (χ4v) is 2.66. The molecule has 2 rings (SSSR count). The van der Waals surface area contributed by atoms with Gasteiger partial charge in [0.2, 0.25) is 5.91 Å². The van der Waals surface area contributed by atoms with E-state index in [0.29, 0.717) is 36.7 Å². The van der Waals surface area contributed by atoms with Gasteiger partial charge in [0.1, 0.15) is 5.69 Å². The summed E-state index contributed by atoms with van der Waals surface area (Å²) in [5.74, 6) is 0.533. The number of nitrogens with one attached hydrogen (secondary N) is 1. The van der Waals surface area contributed by atoms with Gasteiger partial charge in [-0.25, -0.2) is 0 Å². The Kier molecular flexibility index (Phi) is 5.96. The molecule has 1 atom stereocenters. The van der Waals surface area contributed by atoms with Crippen molar-refractivity contribution in [1.82, 2.24) is 15.2 Å². The van der Waals surface area contributed by atoms with Crippen LogP contribution in [0.2, 0.25) is 0 Å². The standard InChI is InChI=1S/C17H26N4O2/c1-12(2)6-9-21-10-7-14(3-4-16(21)22)20-17(23)15-11-13(18)5-8-19-15/h5,8,11-12,14H,3-4,6-7,9-10H2,1-2H3,(H2,18,19)(H,20,23). The zero-order valence-corrected chi connectivity index (χ0v) is 13.9. The molecule has 1 fully saturated rings. The molecule has 3 N–H and O–H groups in total. The van der Waals surface area contributed by atoms with Gasteiger partial charge in [-0.1, -0.05) is 13.8 Å². The Hall–Kier alpha value is -2.11. The van der Waals surface area contributed by atoms with Crippen molar-refractivity contribution < 1.29 is 9.59 Å². The van der Waals surface area contributed by atoms with Crippen LogP contribution in [0.1, 0.15) is 50.0 Å². The molecule has 0 spiro atoms. The van der Waals surface area contributed by atoms with Crippen molar-refractivity contribution >= 4 is 17.5 Å². The quantitative estimate of drug-likeness (QED) is 0.867. The lowest BCUT2D eigenvalue weighted by Crippen LogP contribution is -2.36. The highest BCUT2D eigenvalue weighted by molar-refractivity contribution is 5.93. The first-order valence-electron chi connectivity index (χ1n) is 8.26. The number of amides is 2. The Morgan fingerprint density at radius 3 is 2.96 bits per heavy atom. The van der Waals surface area contributed by atoms with Gasteiger partial charge in [-0.3, -0.25) is 14.6 Å². The van der Waals surface area contributed by atoms with E-state index in [9.17, 15) is 9.59 Å². The van der Waals surface area contributed by atoms with Crippen LogP contribution >= 0.6 is 0 Å². The molecule has 1 unspecified atom stereocenters. The fraction of sp³-hybridized carbons (Fsp3) is 0.588. The fourth-order valence-electron chi connectivity index (χ4n) is 2.66. The number of hydrogen-bond donors (Lipinski definition) is 2. The van der Waals surface area contributed by atoms with E-state index in [1.807, 2.05) is 4.90 Å². The molecular formula is C17H26N4O2. The zero-order valence-electron chi connectivity index (χ0n) is 13.9. The van der Waals surface area contributed by atoms with Crippen molar-refractivity contribution in [3.05, 3.63) is 24.0 Å². The van der Waals surface area contributed by atoms with Crippen LogP contribution in [0.5, 0.6) is 0 Å². The third-order valence-corrected chi connectivity index (χ3v) is 4.14. The molecular weight excluding hydrogens is 292 g/mol. The summed E-state index contributed by atoms with van der Waals surface area (Å²) in [4.78, 5) is 30.3. The topological polar surface area (TPSA) is 88.3 Å². The monoisotopic (exact) mass is 318 g/mol. The molecule has 1 aromatic heterocycles. The highest BCUT2D eigenvalue weighted by Crippen LogP contribution is 2.15. The maximum Gasteiger partial charge on any atom is 0.270 e. The number of likely N-dealkylation sites (tertiary alicyclic amines) is 1. The maximum atomic E-state index is 12.2. The van der Waals surface area contributed by atoms with Crippen molar-refractivity contribution in [3.63, 3.8) is 0 Å². The molecule has 1 aromatic rings. The highest BCUT2D eigenvalue weighted by Gasteiger charge is 2.24. The summed E-state index contributed by atoms with van der Waals surface area (Å²) in [5, 5.41) is 2.97. The molecule has 1 aliphatic rings. The van der Waals surface area contributed by atoms with E-state index in [-0.39, 0.29) is 17.9 Å². The molecule has 1 aliphatic heterocycles. The molecule has 0 saturated carbocycles. The van der Waals surface area contributed by atoms with Gasteiger partial charge in [0.15, 0.2) is 0 Å². The van der Waals surface area contributed by atoms with E-state index in [1.54, 1.807) is 12.1 Å². The summed E-state index contributed by atoms with van der Waals surface area (Å²) in [6.07, 6.45) is 4.46. The van der Waals surface area contributed by atoms with E-state index in [2.05, 4.69) is 24.1 Å². The number of nitrogens with two attached hydrogens (primary N) is 1. The minimum absolute atomic E-state index is 0.00118. The average molecular weight is 318 g/mol. The predicted molar refractivity (Wildman–Crippen MR) is 89.8 cm³/mol. The van der Waals surface area contributed by atoms with E-state index in [4.69, 9.17) is 5.73 Å². The van der Waals surface area contributed by atoms with Gasteiger partial charge in [-0.2, -0.15) is 0 Å². The third kappa shape index (κ3) is 5.23. The van der Waals surface area contributed by atoms with Crippen LogP contribution in [0, 0.1) is 5.92 Å². The van der Waals surface area contributed by atoms with Crippen LogP contribution in [0.15, 0.2) is 18.3 Å². The lowest BCUT2D eigenvalue weighted by Gasteiger charge is -2.22. The van der Waals surface area contributed by atoms with Gasteiger partial charge in [0.25, 0.3) is 5.91 Å². The van der Waals surface area contributed by atoms with E-state index in [1.165, 1.54) is 6.20 Å². The average Bonchev–Trinajstić information content (AvgIpc) is 2.67. The van der Waals surface area contributed by atoms with Crippen LogP contribution in [-0.2, 0) is 4.79 Å². The van der Waals surface area contributed by atoms with Crippen LogP contribution < -0.4 is 11.1 Å². The Morgan fingerprint density at radius 2 is 2.26 bits per heavy atom. The van der Waals surface area contributed by atoms with E-state index < -0.39 is 0 Å². The van der Waals surface area contributed by atoms with Gasteiger partial charge < -0.3 is 16.0 Å². The van der Waals surface area contributed by atoms with Crippen molar-refractivity contribution in [1.29, 1.82) is 0 Å². The molecule has 0 aliphatic carbocycles. The summed E-state index contributed by atoms with van der Waals surface area (Å²) in [7, 11) is 0. The lowest BCUT2D eigenvalue weighted by molar-refractivity contribution is -0.130. The largest absolute Gasteiger partial charge is 0.399 e. The first-order valence-corrected chi connectivity index (χ1v) is 8.26. The molecule has 23 heavy (non-hydrogen) atoms. The molecule has 0 aromatic carbocycles. The summed E-state index contributed by atoms with van der Waals surface area (Å²) in [6.45, 7) is 5.81. The normalized spacial score (nSPS) is 18.8. The van der Waals surface area contributed by atoms with Crippen molar-refractivity contribution in [2.75, 3.05) is 18.8 Å². The zero-order chi connectivity index (χ0) is 16.8. The molecule has 0 bridgehead atoms. The molecule has 2 amide bonds. The van der Waals surface area contributed by atoms with Gasteiger partial charge in [0, 0.05) is 37.4 Å². The Labute approximate surface area is 137 Å². The molecule has 1 saturated heterocycles. The second kappa shape index (κ2) is 7.94. The number of nitrogens with zero attached hydrogens (tertiary/aromatic N) is 2. The van der Waals surface area contributed by atoms with Crippen LogP contribution in [0.3, 0.4) is 0 Å². The smallest absolute Gasteiger partial charge is 0.270 e. The second-order valence-corrected chi connectivity index (χ2v) is 6.54. The Bertz CT molecular complexity index is 559. The van der Waals surface area contributed by atoms with Crippen molar-refractivity contribution in [2.24, 2.45) is 5.92 Å². The first-order chi connectivity index (χ1) is 11.0. The van der Waals surface area contributed by atoms with Crippen molar-refractivity contribution in [3.8, 4) is 0 Å². The second-order valence-electron chi connectivity index (χ2n) is 6.54. The van der Waals surface area contributed by atoms with Crippen molar-refractivity contribution in [2.45, 2.75) is 45.6 Å². The lowest BCUT2D eigenvalue weighted by atomic mass is 10.1. The third-order valence-electron chi connectivity index (χ3n) is 4.14. The highest BCUT2D eigenvalue weighted by atomic mass is 16.2. The van der Waals surface area contributed by atoms with Crippen LogP contribution in [0.4, 0.5) is 5.69 Å². The molecule has 6 heteroatoms. The number of hydrogen-bond acceptors (Lipinski definition) is 4. The molecule has 126 valence electrons. The molecule has 6 nitrogen and oxygen atoms in total. The predicted octanol–water partition coefficient (Wildman–Crippen LogP) is 1.82. The minimum atomic E-state index is -0.231. The van der Waals surface area contributed by atoms with E-state index >= 15 is 0 Å². The maximum absolute atomic E-state index is 12.2. The van der Waals surface area contributed by atoms with Gasteiger partial charge in [-0.05, 0) is 37.3 Å². The number of pyridine rings is 1. The molecule has 2 heterocycles. The number of rotatable bonds is 5. The summed E-state index contributed by atoms with van der Waals surface area (Å²) in [6, 6.07) is 3.21. The summed E-state index contributed by atoms with van der Waals surface area (Å²) in [5.41, 5.74) is 6.51. The number of aromatic nitrogens is 1.